The van der Waals surface area contributed by atoms with Crippen LogP contribution in [0.15, 0.2) is 22.8 Å². The lowest BCUT2D eigenvalue weighted by Gasteiger charge is -2.25. The van der Waals surface area contributed by atoms with Crippen LogP contribution in [0.5, 0.6) is 0 Å². The van der Waals surface area contributed by atoms with Crippen LogP contribution in [-0.2, 0) is 6.42 Å². The SMILES string of the molecule is CCCc1nnc(NC(=O)NC[C@H](c2ccco2)N2CCCC2)s1. The third-order valence-electron chi connectivity index (χ3n) is 4.06. The number of hydrogen-bond donors (Lipinski definition) is 2. The largest absolute Gasteiger partial charge is 0.468 e. The Morgan fingerprint density at radius 3 is 2.96 bits per heavy atom. The highest BCUT2D eigenvalue weighted by Gasteiger charge is 2.26. The molecule has 8 heteroatoms. The average molecular weight is 349 g/mol. The molecule has 24 heavy (non-hydrogen) atoms. The highest BCUT2D eigenvalue weighted by molar-refractivity contribution is 7.15. The van der Waals surface area contributed by atoms with Crippen molar-refractivity contribution in [3.63, 3.8) is 0 Å². The fraction of sp³-hybridized carbons (Fsp3) is 0.562. The number of urea groups is 1. The molecule has 1 atom stereocenters. The van der Waals surface area contributed by atoms with Crippen molar-refractivity contribution in [2.75, 3.05) is 25.0 Å². The number of carbonyl (C=O) groups is 1. The molecular formula is C16H23N5O2S. The van der Waals surface area contributed by atoms with E-state index in [1.54, 1.807) is 6.26 Å². The van der Waals surface area contributed by atoms with Crippen molar-refractivity contribution < 1.29 is 9.21 Å². The van der Waals surface area contributed by atoms with Gasteiger partial charge in [-0.3, -0.25) is 10.2 Å². The van der Waals surface area contributed by atoms with E-state index in [0.717, 1.165) is 36.7 Å². The Morgan fingerprint density at radius 2 is 2.25 bits per heavy atom. The molecule has 0 unspecified atom stereocenters. The summed E-state index contributed by atoms with van der Waals surface area (Å²) in [5.74, 6) is 0.887. The zero-order valence-electron chi connectivity index (χ0n) is 13.8. The highest BCUT2D eigenvalue weighted by atomic mass is 32.1. The van der Waals surface area contributed by atoms with Crippen LogP contribution in [0.2, 0.25) is 0 Å². The van der Waals surface area contributed by atoms with Gasteiger partial charge in [0.2, 0.25) is 5.13 Å². The standard InChI is InChI=1S/C16H23N5O2S/c1-2-6-14-19-20-16(24-14)18-15(22)17-11-12(13-7-5-10-23-13)21-8-3-4-9-21/h5,7,10,12H,2-4,6,8-9,11H2,1H3,(H2,17,18,20,22)/t12-/m1/s1. The summed E-state index contributed by atoms with van der Waals surface area (Å²) in [6.07, 6.45) is 5.95. The Hall–Kier alpha value is -1.93. The summed E-state index contributed by atoms with van der Waals surface area (Å²) in [6.45, 7) is 4.66. The number of rotatable bonds is 7. The monoisotopic (exact) mass is 349 g/mol. The number of hydrogen-bond acceptors (Lipinski definition) is 6. The van der Waals surface area contributed by atoms with Gasteiger partial charge in [-0.1, -0.05) is 18.3 Å². The molecule has 0 saturated carbocycles. The molecule has 3 heterocycles. The van der Waals surface area contributed by atoms with Gasteiger partial charge in [-0.05, 0) is 44.5 Å². The van der Waals surface area contributed by atoms with Gasteiger partial charge in [0, 0.05) is 13.0 Å². The number of amides is 2. The second-order valence-corrected chi connectivity index (χ2v) is 6.92. The minimum atomic E-state index is -0.259. The number of aromatic nitrogens is 2. The minimum Gasteiger partial charge on any atom is -0.468 e. The first-order valence-electron chi connectivity index (χ1n) is 8.41. The van der Waals surface area contributed by atoms with Crippen LogP contribution < -0.4 is 10.6 Å². The number of carbonyl (C=O) groups excluding carboxylic acids is 1. The lowest BCUT2D eigenvalue weighted by atomic mass is 10.2. The summed E-state index contributed by atoms with van der Waals surface area (Å²) in [6, 6.07) is 3.66. The van der Waals surface area contributed by atoms with Gasteiger partial charge in [-0.15, -0.1) is 10.2 Å². The first kappa shape index (κ1) is 16.9. The number of nitrogens with one attached hydrogen (secondary N) is 2. The Bertz CT molecular complexity index is 637. The van der Waals surface area contributed by atoms with E-state index in [9.17, 15) is 4.79 Å². The molecule has 0 aromatic carbocycles. The number of nitrogens with zero attached hydrogens (tertiary/aromatic N) is 3. The summed E-state index contributed by atoms with van der Waals surface area (Å²) in [4.78, 5) is 14.5. The van der Waals surface area contributed by atoms with Gasteiger partial charge >= 0.3 is 6.03 Å². The molecular weight excluding hydrogens is 326 g/mol. The molecule has 0 radical (unpaired) electrons. The van der Waals surface area contributed by atoms with Crippen LogP contribution in [0.4, 0.5) is 9.93 Å². The van der Waals surface area contributed by atoms with Crippen LogP contribution >= 0.6 is 11.3 Å². The van der Waals surface area contributed by atoms with E-state index >= 15 is 0 Å². The molecule has 7 nitrogen and oxygen atoms in total. The molecule has 130 valence electrons. The van der Waals surface area contributed by atoms with E-state index in [1.165, 1.54) is 24.2 Å². The van der Waals surface area contributed by atoms with Gasteiger partial charge < -0.3 is 9.73 Å². The van der Waals surface area contributed by atoms with E-state index in [-0.39, 0.29) is 12.1 Å². The summed E-state index contributed by atoms with van der Waals surface area (Å²) < 4.78 is 5.56. The number of furan rings is 1. The molecule has 0 aliphatic carbocycles. The Kier molecular flexibility index (Phi) is 5.81. The van der Waals surface area contributed by atoms with Crippen LogP contribution in [0.25, 0.3) is 0 Å². The molecule has 0 bridgehead atoms. The predicted octanol–water partition coefficient (Wildman–Crippen LogP) is 3.04. The first-order chi connectivity index (χ1) is 11.8. The fourth-order valence-electron chi connectivity index (χ4n) is 2.89. The van der Waals surface area contributed by atoms with Crippen molar-refractivity contribution in [3.8, 4) is 0 Å². The summed E-state index contributed by atoms with van der Waals surface area (Å²) >= 11 is 1.42. The van der Waals surface area contributed by atoms with Gasteiger partial charge in [0.05, 0.1) is 12.3 Å². The van der Waals surface area contributed by atoms with Crippen molar-refractivity contribution in [1.82, 2.24) is 20.4 Å². The molecule has 2 N–H and O–H groups in total. The maximum Gasteiger partial charge on any atom is 0.321 e. The molecule has 2 amide bonds. The Labute approximate surface area is 145 Å². The van der Waals surface area contributed by atoms with E-state index in [4.69, 9.17) is 4.42 Å². The lowest BCUT2D eigenvalue weighted by molar-refractivity contribution is 0.207. The van der Waals surface area contributed by atoms with Crippen molar-refractivity contribution in [2.45, 2.75) is 38.6 Å². The maximum absolute atomic E-state index is 12.1. The quantitative estimate of drug-likeness (QED) is 0.803. The maximum atomic E-state index is 12.1. The van der Waals surface area contributed by atoms with Crippen molar-refractivity contribution in [1.29, 1.82) is 0 Å². The lowest BCUT2D eigenvalue weighted by Crippen LogP contribution is -2.38. The van der Waals surface area contributed by atoms with Crippen molar-refractivity contribution in [3.05, 3.63) is 29.2 Å². The van der Waals surface area contributed by atoms with Gasteiger partial charge in [0.1, 0.15) is 10.8 Å². The predicted molar refractivity (Wildman–Crippen MR) is 93.2 cm³/mol. The van der Waals surface area contributed by atoms with Gasteiger partial charge in [-0.2, -0.15) is 0 Å². The van der Waals surface area contributed by atoms with E-state index in [2.05, 4.69) is 32.7 Å². The van der Waals surface area contributed by atoms with Crippen LogP contribution in [0.1, 0.15) is 43.0 Å². The van der Waals surface area contributed by atoms with E-state index < -0.39 is 0 Å². The molecule has 1 aliphatic heterocycles. The van der Waals surface area contributed by atoms with Gasteiger partial charge in [0.25, 0.3) is 0 Å². The van der Waals surface area contributed by atoms with Crippen LogP contribution in [0.3, 0.4) is 0 Å². The number of likely N-dealkylation sites (tertiary alicyclic amines) is 1. The fourth-order valence-corrected chi connectivity index (χ4v) is 3.73. The van der Waals surface area contributed by atoms with Crippen molar-refractivity contribution >= 4 is 22.5 Å². The molecule has 2 aromatic rings. The zero-order chi connectivity index (χ0) is 16.8. The van der Waals surface area contributed by atoms with Crippen LogP contribution in [-0.4, -0.2) is 40.8 Å². The topological polar surface area (TPSA) is 83.3 Å². The smallest absolute Gasteiger partial charge is 0.321 e. The molecule has 1 fully saturated rings. The summed E-state index contributed by atoms with van der Waals surface area (Å²) in [5, 5.41) is 15.2. The van der Waals surface area contributed by atoms with E-state index in [1.807, 2.05) is 12.1 Å². The van der Waals surface area contributed by atoms with Gasteiger partial charge in [-0.25, -0.2) is 4.79 Å². The molecule has 1 saturated heterocycles. The number of aryl methyl sites for hydroxylation is 1. The first-order valence-corrected chi connectivity index (χ1v) is 9.22. The van der Waals surface area contributed by atoms with Crippen molar-refractivity contribution in [2.24, 2.45) is 0 Å². The summed E-state index contributed by atoms with van der Waals surface area (Å²) in [5.41, 5.74) is 0. The third-order valence-corrected chi connectivity index (χ3v) is 4.96. The number of anilines is 1. The van der Waals surface area contributed by atoms with Crippen LogP contribution in [0, 0.1) is 0 Å². The normalized spacial score (nSPS) is 16.2. The Balaban J connectivity index is 1.54. The molecule has 1 aliphatic rings. The second kappa shape index (κ2) is 8.25. The average Bonchev–Trinajstić information content (AvgIpc) is 3.30. The highest BCUT2D eigenvalue weighted by Crippen LogP contribution is 2.25. The summed E-state index contributed by atoms with van der Waals surface area (Å²) in [7, 11) is 0. The second-order valence-electron chi connectivity index (χ2n) is 5.86. The third kappa shape index (κ3) is 4.33. The van der Waals surface area contributed by atoms with Gasteiger partial charge in [0.15, 0.2) is 0 Å². The van der Waals surface area contributed by atoms with E-state index in [0.29, 0.717) is 11.7 Å². The minimum absolute atomic E-state index is 0.0679. The zero-order valence-corrected chi connectivity index (χ0v) is 14.6. The molecule has 2 aromatic heterocycles. The molecule has 3 rings (SSSR count). The molecule has 0 spiro atoms. The Morgan fingerprint density at radius 1 is 1.42 bits per heavy atom.